The number of ether oxygens (including phenoxy) is 2. The van der Waals surface area contributed by atoms with Crippen molar-refractivity contribution in [2.24, 2.45) is 5.73 Å². The van der Waals surface area contributed by atoms with Gasteiger partial charge < -0.3 is 20.5 Å². The second-order valence-corrected chi connectivity index (χ2v) is 4.29. The van der Waals surface area contributed by atoms with Crippen LogP contribution in [0, 0.1) is 0 Å². The van der Waals surface area contributed by atoms with E-state index in [2.05, 4.69) is 5.32 Å². The Morgan fingerprint density at radius 2 is 2.05 bits per heavy atom. The lowest BCUT2D eigenvalue weighted by Crippen LogP contribution is -2.15. The van der Waals surface area contributed by atoms with Crippen molar-refractivity contribution in [1.29, 1.82) is 0 Å². The van der Waals surface area contributed by atoms with Gasteiger partial charge in [0.25, 0.3) is 0 Å². The normalized spacial score (nSPS) is 11.9. The number of nitrogens with one attached hydrogen (secondary N) is 1. The van der Waals surface area contributed by atoms with Crippen molar-refractivity contribution in [3.8, 4) is 5.75 Å². The quantitative estimate of drug-likeness (QED) is 0.752. The van der Waals surface area contributed by atoms with E-state index >= 15 is 0 Å². The molecule has 0 radical (unpaired) electrons. The fraction of sp³-hybridized carbons (Fsp3) is 0.500. The topological polar surface area (TPSA) is 73.6 Å². The Morgan fingerprint density at radius 1 is 1.37 bits per heavy atom. The molecule has 0 fully saturated rings. The van der Waals surface area contributed by atoms with Gasteiger partial charge in [0.15, 0.2) is 0 Å². The Labute approximate surface area is 114 Å². The van der Waals surface area contributed by atoms with E-state index in [0.717, 1.165) is 11.4 Å². The van der Waals surface area contributed by atoms with Gasteiger partial charge in [0.1, 0.15) is 12.4 Å². The maximum atomic E-state index is 11.7. The third-order valence-corrected chi connectivity index (χ3v) is 2.70. The van der Waals surface area contributed by atoms with E-state index in [0.29, 0.717) is 26.0 Å². The molecule has 0 aliphatic carbocycles. The summed E-state index contributed by atoms with van der Waals surface area (Å²) in [7, 11) is 1.64. The van der Waals surface area contributed by atoms with Crippen molar-refractivity contribution in [3.05, 3.63) is 24.3 Å². The van der Waals surface area contributed by atoms with E-state index in [1.165, 1.54) is 0 Å². The summed E-state index contributed by atoms with van der Waals surface area (Å²) in [5.41, 5.74) is 6.11. The number of carbonyl (C=O) groups excluding carboxylic acids is 1. The monoisotopic (exact) mass is 266 g/mol. The highest BCUT2D eigenvalue weighted by atomic mass is 16.5. The van der Waals surface area contributed by atoms with Gasteiger partial charge in [0, 0.05) is 25.8 Å². The molecule has 1 aromatic carbocycles. The van der Waals surface area contributed by atoms with Crippen LogP contribution in [-0.2, 0) is 9.53 Å². The van der Waals surface area contributed by atoms with E-state index in [-0.39, 0.29) is 12.0 Å². The molecule has 1 aromatic rings. The predicted molar refractivity (Wildman–Crippen MR) is 75.3 cm³/mol. The van der Waals surface area contributed by atoms with Crippen LogP contribution >= 0.6 is 0 Å². The van der Waals surface area contributed by atoms with Gasteiger partial charge in [-0.15, -0.1) is 0 Å². The summed E-state index contributed by atoms with van der Waals surface area (Å²) in [6.45, 7) is 2.91. The van der Waals surface area contributed by atoms with Crippen molar-refractivity contribution in [3.63, 3.8) is 0 Å². The zero-order valence-corrected chi connectivity index (χ0v) is 11.5. The second kappa shape index (κ2) is 8.50. The highest BCUT2D eigenvalue weighted by Gasteiger charge is 2.06. The van der Waals surface area contributed by atoms with E-state index in [9.17, 15) is 4.79 Å². The lowest BCUT2D eigenvalue weighted by Gasteiger charge is -2.10. The molecule has 1 unspecified atom stereocenters. The maximum Gasteiger partial charge on any atom is 0.224 e. The molecule has 0 aromatic heterocycles. The number of hydrogen-bond donors (Lipinski definition) is 2. The summed E-state index contributed by atoms with van der Waals surface area (Å²) in [4.78, 5) is 11.7. The van der Waals surface area contributed by atoms with Gasteiger partial charge in [-0.1, -0.05) is 0 Å². The number of methoxy groups -OCH3 is 1. The van der Waals surface area contributed by atoms with Crippen molar-refractivity contribution >= 4 is 11.6 Å². The minimum atomic E-state index is -0.0143. The number of rotatable bonds is 8. The fourth-order valence-corrected chi connectivity index (χ4v) is 1.49. The van der Waals surface area contributed by atoms with Gasteiger partial charge >= 0.3 is 0 Å². The highest BCUT2D eigenvalue weighted by Crippen LogP contribution is 2.16. The Balaban J connectivity index is 2.37. The first-order valence-electron chi connectivity index (χ1n) is 6.41. The summed E-state index contributed by atoms with van der Waals surface area (Å²) < 4.78 is 10.5. The van der Waals surface area contributed by atoms with Gasteiger partial charge in [-0.05, 0) is 37.6 Å². The zero-order valence-electron chi connectivity index (χ0n) is 11.5. The molecule has 3 N–H and O–H groups in total. The Kier molecular flexibility index (Phi) is 6.92. The molecule has 5 heteroatoms. The standard InChI is InChI=1S/C14H22N2O3/c1-11(18-2)3-8-14(17)16-12-4-6-13(7-5-12)19-10-9-15/h4-7,11H,3,8-10,15H2,1-2H3,(H,16,17). The minimum absolute atomic E-state index is 0.0143. The van der Waals surface area contributed by atoms with Gasteiger partial charge in [-0.3, -0.25) is 4.79 Å². The van der Waals surface area contributed by atoms with Crippen LogP contribution in [0.3, 0.4) is 0 Å². The molecule has 0 heterocycles. The van der Waals surface area contributed by atoms with Gasteiger partial charge in [-0.2, -0.15) is 0 Å². The number of hydrogen-bond acceptors (Lipinski definition) is 4. The van der Waals surface area contributed by atoms with Crippen LogP contribution in [0.15, 0.2) is 24.3 Å². The molecule has 0 saturated heterocycles. The van der Waals surface area contributed by atoms with Crippen LogP contribution in [0.4, 0.5) is 5.69 Å². The SMILES string of the molecule is COC(C)CCC(=O)Nc1ccc(OCCN)cc1. The lowest BCUT2D eigenvalue weighted by molar-refractivity contribution is -0.116. The molecule has 0 aliphatic rings. The van der Waals surface area contributed by atoms with Crippen molar-refractivity contribution in [1.82, 2.24) is 0 Å². The van der Waals surface area contributed by atoms with E-state index in [1.54, 1.807) is 7.11 Å². The minimum Gasteiger partial charge on any atom is -0.492 e. The number of nitrogens with two attached hydrogens (primary N) is 1. The average Bonchev–Trinajstić information content (AvgIpc) is 2.44. The van der Waals surface area contributed by atoms with Crippen LogP contribution < -0.4 is 15.8 Å². The molecule has 19 heavy (non-hydrogen) atoms. The molecular weight excluding hydrogens is 244 g/mol. The summed E-state index contributed by atoms with van der Waals surface area (Å²) >= 11 is 0. The predicted octanol–water partition coefficient (Wildman–Crippen LogP) is 1.78. The van der Waals surface area contributed by atoms with Crippen LogP contribution in [0.5, 0.6) is 5.75 Å². The zero-order chi connectivity index (χ0) is 14.1. The third kappa shape index (κ3) is 6.22. The summed E-state index contributed by atoms with van der Waals surface area (Å²) in [5, 5.41) is 2.83. The molecule has 106 valence electrons. The van der Waals surface area contributed by atoms with E-state index in [1.807, 2.05) is 31.2 Å². The maximum absolute atomic E-state index is 11.7. The average molecular weight is 266 g/mol. The molecule has 5 nitrogen and oxygen atoms in total. The molecule has 1 amide bonds. The van der Waals surface area contributed by atoms with Crippen molar-refractivity contribution in [2.75, 3.05) is 25.6 Å². The third-order valence-electron chi connectivity index (χ3n) is 2.70. The molecule has 1 rings (SSSR count). The number of anilines is 1. The number of amides is 1. The van der Waals surface area contributed by atoms with Crippen LogP contribution in [-0.4, -0.2) is 32.3 Å². The molecule has 1 atom stereocenters. The van der Waals surface area contributed by atoms with Crippen molar-refractivity contribution in [2.45, 2.75) is 25.9 Å². The van der Waals surface area contributed by atoms with Crippen molar-refractivity contribution < 1.29 is 14.3 Å². The largest absolute Gasteiger partial charge is 0.492 e. The number of benzene rings is 1. The van der Waals surface area contributed by atoms with E-state index in [4.69, 9.17) is 15.2 Å². The van der Waals surface area contributed by atoms with E-state index < -0.39 is 0 Å². The van der Waals surface area contributed by atoms with Gasteiger partial charge in [0.2, 0.25) is 5.91 Å². The summed E-state index contributed by atoms with van der Waals surface area (Å²) in [5.74, 6) is 0.732. The molecule has 0 aliphatic heterocycles. The lowest BCUT2D eigenvalue weighted by atomic mass is 10.2. The van der Waals surface area contributed by atoms with Crippen LogP contribution in [0.25, 0.3) is 0 Å². The smallest absolute Gasteiger partial charge is 0.224 e. The fourth-order valence-electron chi connectivity index (χ4n) is 1.49. The Hall–Kier alpha value is -1.59. The summed E-state index contributed by atoms with van der Waals surface area (Å²) in [6, 6.07) is 7.24. The molecular formula is C14H22N2O3. The Bertz CT molecular complexity index is 379. The molecule has 0 saturated carbocycles. The van der Waals surface area contributed by atoms with Crippen LogP contribution in [0.1, 0.15) is 19.8 Å². The van der Waals surface area contributed by atoms with Gasteiger partial charge in [-0.25, -0.2) is 0 Å². The first-order valence-corrected chi connectivity index (χ1v) is 6.41. The van der Waals surface area contributed by atoms with Gasteiger partial charge in [0.05, 0.1) is 6.10 Å². The second-order valence-electron chi connectivity index (χ2n) is 4.29. The molecule has 0 spiro atoms. The number of carbonyl (C=O) groups is 1. The molecule has 0 bridgehead atoms. The Morgan fingerprint density at radius 3 is 2.63 bits per heavy atom. The first-order chi connectivity index (χ1) is 9.15. The summed E-state index contributed by atoms with van der Waals surface area (Å²) in [6.07, 6.45) is 1.25. The first kappa shape index (κ1) is 15.5. The van der Waals surface area contributed by atoms with Crippen LogP contribution in [0.2, 0.25) is 0 Å². The highest BCUT2D eigenvalue weighted by molar-refractivity contribution is 5.90.